The molecule has 2 nitrogen and oxygen atoms in total. The quantitative estimate of drug-likeness (QED) is 0.653. The summed E-state index contributed by atoms with van der Waals surface area (Å²) in [6, 6.07) is 2.05. The van der Waals surface area contributed by atoms with Gasteiger partial charge in [-0.15, -0.1) is 0 Å². The topological polar surface area (TPSA) is 28.7 Å². The smallest absolute Gasteiger partial charge is 0.0522 e. The Morgan fingerprint density at radius 3 is 2.69 bits per heavy atom. The highest BCUT2D eigenvalue weighted by atomic mass is 14.7. The van der Waals surface area contributed by atoms with Crippen LogP contribution in [-0.4, -0.2) is 9.97 Å². The number of hydrogen-bond donors (Lipinski definition) is 1. The maximum atomic E-state index is 4.23. The fourth-order valence-electron chi connectivity index (χ4n) is 1.55. The Labute approximate surface area is 78.0 Å². The number of rotatable bonds is 0. The first kappa shape index (κ1) is 8.30. The summed E-state index contributed by atoms with van der Waals surface area (Å²) in [5, 5.41) is 1.19. The predicted octanol–water partition coefficient (Wildman–Crippen LogP) is 2.86. The van der Waals surface area contributed by atoms with E-state index in [1.807, 2.05) is 18.6 Å². The summed E-state index contributed by atoms with van der Waals surface area (Å²) in [5.41, 5.74) is 2.63. The molecule has 0 spiro atoms. The molecule has 0 saturated heterocycles. The Kier molecular flexibility index (Phi) is 1.65. The van der Waals surface area contributed by atoms with E-state index in [2.05, 4.69) is 36.8 Å². The summed E-state index contributed by atoms with van der Waals surface area (Å²) in [7, 11) is 0. The van der Waals surface area contributed by atoms with E-state index in [1.54, 1.807) is 0 Å². The third-order valence-corrected chi connectivity index (χ3v) is 2.27. The zero-order chi connectivity index (χ0) is 9.47. The van der Waals surface area contributed by atoms with Gasteiger partial charge >= 0.3 is 0 Å². The molecule has 0 fully saturated rings. The summed E-state index contributed by atoms with van der Waals surface area (Å²) < 4.78 is 0. The van der Waals surface area contributed by atoms with Crippen molar-refractivity contribution in [3.63, 3.8) is 0 Å². The molecular formula is C11H14N2. The lowest BCUT2D eigenvalue weighted by Crippen LogP contribution is -2.12. The van der Waals surface area contributed by atoms with Crippen LogP contribution in [0.3, 0.4) is 0 Å². The Morgan fingerprint density at radius 2 is 2.00 bits per heavy atom. The average molecular weight is 174 g/mol. The van der Waals surface area contributed by atoms with E-state index < -0.39 is 0 Å². The lowest BCUT2D eigenvalue weighted by atomic mass is 9.87. The van der Waals surface area contributed by atoms with Crippen LogP contribution in [0, 0.1) is 0 Å². The molecule has 2 aromatic heterocycles. The van der Waals surface area contributed by atoms with E-state index in [4.69, 9.17) is 0 Å². The molecule has 0 aliphatic heterocycles. The van der Waals surface area contributed by atoms with Gasteiger partial charge in [-0.05, 0) is 17.0 Å². The second kappa shape index (κ2) is 2.59. The van der Waals surface area contributed by atoms with E-state index in [0.29, 0.717) is 0 Å². The van der Waals surface area contributed by atoms with E-state index in [0.717, 1.165) is 0 Å². The SMILES string of the molecule is CC(C)(C)c1cncc2cc[nH]c12. The molecule has 0 radical (unpaired) electrons. The Balaban J connectivity index is 2.75. The van der Waals surface area contributed by atoms with Crippen molar-refractivity contribution in [2.24, 2.45) is 0 Å². The van der Waals surface area contributed by atoms with E-state index >= 15 is 0 Å². The summed E-state index contributed by atoms with van der Waals surface area (Å²) in [5.74, 6) is 0. The molecule has 0 amide bonds. The van der Waals surface area contributed by atoms with Crippen molar-refractivity contribution in [3.05, 3.63) is 30.2 Å². The highest BCUT2D eigenvalue weighted by molar-refractivity contribution is 5.82. The maximum absolute atomic E-state index is 4.23. The minimum atomic E-state index is 0.150. The molecule has 0 aliphatic carbocycles. The number of hydrogen-bond acceptors (Lipinski definition) is 1. The number of nitrogens with zero attached hydrogens (tertiary/aromatic N) is 1. The number of aromatic nitrogens is 2. The van der Waals surface area contributed by atoms with Gasteiger partial charge in [0, 0.05) is 24.0 Å². The van der Waals surface area contributed by atoms with Gasteiger partial charge in [-0.2, -0.15) is 0 Å². The summed E-state index contributed by atoms with van der Waals surface area (Å²) in [6.07, 6.45) is 5.79. The first-order chi connectivity index (χ1) is 6.09. The van der Waals surface area contributed by atoms with Gasteiger partial charge in [0.05, 0.1) is 5.52 Å². The van der Waals surface area contributed by atoms with Gasteiger partial charge in [0.1, 0.15) is 0 Å². The molecule has 0 aromatic carbocycles. The van der Waals surface area contributed by atoms with Gasteiger partial charge in [0.2, 0.25) is 0 Å². The van der Waals surface area contributed by atoms with Gasteiger partial charge in [-0.3, -0.25) is 4.98 Å². The van der Waals surface area contributed by atoms with Crippen LogP contribution in [0.4, 0.5) is 0 Å². The van der Waals surface area contributed by atoms with Crippen molar-refractivity contribution in [1.29, 1.82) is 0 Å². The highest BCUT2D eigenvalue weighted by Crippen LogP contribution is 2.27. The Bertz CT molecular complexity index is 421. The van der Waals surface area contributed by atoms with Crippen molar-refractivity contribution in [3.8, 4) is 0 Å². The minimum Gasteiger partial charge on any atom is -0.361 e. The van der Waals surface area contributed by atoms with Crippen molar-refractivity contribution in [2.75, 3.05) is 0 Å². The molecule has 2 rings (SSSR count). The lowest BCUT2D eigenvalue weighted by Gasteiger charge is -2.18. The summed E-state index contributed by atoms with van der Waals surface area (Å²) in [6.45, 7) is 6.60. The minimum absolute atomic E-state index is 0.150. The largest absolute Gasteiger partial charge is 0.361 e. The number of H-pyrrole nitrogens is 1. The fourth-order valence-corrected chi connectivity index (χ4v) is 1.55. The molecule has 0 bridgehead atoms. The van der Waals surface area contributed by atoms with Gasteiger partial charge in [-0.25, -0.2) is 0 Å². The molecule has 0 saturated carbocycles. The van der Waals surface area contributed by atoms with Crippen LogP contribution in [0.2, 0.25) is 0 Å². The van der Waals surface area contributed by atoms with Gasteiger partial charge in [-0.1, -0.05) is 20.8 Å². The molecule has 2 aromatic rings. The fraction of sp³-hybridized carbons (Fsp3) is 0.364. The van der Waals surface area contributed by atoms with E-state index in [-0.39, 0.29) is 5.41 Å². The number of aromatic amines is 1. The summed E-state index contributed by atoms with van der Waals surface area (Å²) in [4.78, 5) is 7.49. The Hall–Kier alpha value is -1.31. The molecule has 0 atom stereocenters. The van der Waals surface area contributed by atoms with Crippen LogP contribution < -0.4 is 0 Å². The standard InChI is InChI=1S/C11H14N2/c1-11(2,3)9-7-12-6-8-4-5-13-10(8)9/h4-7,13H,1-3H3. The first-order valence-corrected chi connectivity index (χ1v) is 4.50. The third kappa shape index (κ3) is 1.32. The first-order valence-electron chi connectivity index (χ1n) is 4.50. The predicted molar refractivity (Wildman–Crippen MR) is 54.8 cm³/mol. The van der Waals surface area contributed by atoms with Crippen molar-refractivity contribution < 1.29 is 0 Å². The number of pyridine rings is 1. The molecule has 1 N–H and O–H groups in total. The molecule has 0 unspecified atom stereocenters. The maximum Gasteiger partial charge on any atom is 0.0522 e. The number of fused-ring (bicyclic) bond motifs is 1. The van der Waals surface area contributed by atoms with Crippen molar-refractivity contribution in [2.45, 2.75) is 26.2 Å². The zero-order valence-electron chi connectivity index (χ0n) is 8.26. The Morgan fingerprint density at radius 1 is 1.23 bits per heavy atom. The van der Waals surface area contributed by atoms with Crippen LogP contribution in [0.15, 0.2) is 24.7 Å². The molecular weight excluding hydrogens is 160 g/mol. The second-order valence-corrected chi connectivity index (χ2v) is 4.38. The molecule has 0 aliphatic rings. The van der Waals surface area contributed by atoms with Gasteiger partial charge in [0.25, 0.3) is 0 Å². The normalized spacial score (nSPS) is 12.2. The molecule has 68 valence electrons. The van der Waals surface area contributed by atoms with Gasteiger partial charge < -0.3 is 4.98 Å². The van der Waals surface area contributed by atoms with Crippen molar-refractivity contribution >= 4 is 10.9 Å². The van der Waals surface area contributed by atoms with Crippen LogP contribution in [0.1, 0.15) is 26.3 Å². The van der Waals surface area contributed by atoms with Gasteiger partial charge in [0.15, 0.2) is 0 Å². The molecule has 2 heterocycles. The number of nitrogens with one attached hydrogen (secondary N) is 1. The van der Waals surface area contributed by atoms with Crippen LogP contribution in [0.5, 0.6) is 0 Å². The van der Waals surface area contributed by atoms with E-state index in [9.17, 15) is 0 Å². The second-order valence-electron chi connectivity index (χ2n) is 4.38. The lowest BCUT2D eigenvalue weighted by molar-refractivity contribution is 0.592. The van der Waals surface area contributed by atoms with Crippen LogP contribution in [0.25, 0.3) is 10.9 Å². The zero-order valence-corrected chi connectivity index (χ0v) is 8.26. The monoisotopic (exact) mass is 174 g/mol. The van der Waals surface area contributed by atoms with E-state index in [1.165, 1.54) is 16.5 Å². The summed E-state index contributed by atoms with van der Waals surface area (Å²) >= 11 is 0. The molecule has 2 heteroatoms. The molecule has 13 heavy (non-hydrogen) atoms. The average Bonchev–Trinajstić information content (AvgIpc) is 2.48. The highest BCUT2D eigenvalue weighted by Gasteiger charge is 2.17. The van der Waals surface area contributed by atoms with Crippen molar-refractivity contribution in [1.82, 2.24) is 9.97 Å². The van der Waals surface area contributed by atoms with Crippen LogP contribution >= 0.6 is 0 Å². The third-order valence-electron chi connectivity index (χ3n) is 2.27. The van der Waals surface area contributed by atoms with Crippen LogP contribution in [-0.2, 0) is 5.41 Å².